The van der Waals surface area contributed by atoms with Crippen LogP contribution in [0, 0.1) is 10.1 Å². The second-order valence-corrected chi connectivity index (χ2v) is 5.69. The van der Waals surface area contributed by atoms with Gasteiger partial charge in [0, 0.05) is 24.2 Å². The number of rotatable bonds is 3. The molecule has 1 aliphatic rings. The molecule has 6 nitrogen and oxygen atoms in total. The molecule has 0 saturated carbocycles. The molecule has 2 atom stereocenters. The number of hydrogen-bond donors (Lipinski definition) is 1. The monoisotopic (exact) mass is 296 g/mol. The SMILES string of the molecule is CSc1ccc(C(=O)N2C[C@H](O)C[C@H]2C)cc1[N+](=O)[O-]. The Balaban J connectivity index is 2.31. The summed E-state index contributed by atoms with van der Waals surface area (Å²) in [6, 6.07) is 4.44. The lowest BCUT2D eigenvalue weighted by molar-refractivity contribution is -0.387. The zero-order valence-corrected chi connectivity index (χ0v) is 12.1. The Morgan fingerprint density at radius 2 is 2.25 bits per heavy atom. The van der Waals surface area contributed by atoms with Gasteiger partial charge in [0.15, 0.2) is 0 Å². The van der Waals surface area contributed by atoms with Gasteiger partial charge in [0.2, 0.25) is 0 Å². The predicted octanol–water partition coefficient (Wildman–Crippen LogP) is 1.91. The summed E-state index contributed by atoms with van der Waals surface area (Å²) < 4.78 is 0. The molecule has 1 N–H and O–H groups in total. The summed E-state index contributed by atoms with van der Waals surface area (Å²) in [7, 11) is 0. The minimum absolute atomic E-state index is 0.0585. The lowest BCUT2D eigenvalue weighted by Crippen LogP contribution is -2.34. The highest BCUT2D eigenvalue weighted by molar-refractivity contribution is 7.98. The first-order chi connectivity index (χ1) is 9.43. The van der Waals surface area contributed by atoms with E-state index in [9.17, 15) is 20.0 Å². The zero-order valence-electron chi connectivity index (χ0n) is 11.3. The number of benzene rings is 1. The Hall–Kier alpha value is -1.60. The van der Waals surface area contributed by atoms with E-state index in [1.807, 2.05) is 6.92 Å². The lowest BCUT2D eigenvalue weighted by Gasteiger charge is -2.21. The lowest BCUT2D eigenvalue weighted by atomic mass is 10.1. The maximum absolute atomic E-state index is 12.4. The summed E-state index contributed by atoms with van der Waals surface area (Å²) in [5.74, 6) is -0.273. The topological polar surface area (TPSA) is 83.7 Å². The number of nitro groups is 1. The van der Waals surface area contributed by atoms with Crippen molar-refractivity contribution in [2.24, 2.45) is 0 Å². The van der Waals surface area contributed by atoms with E-state index >= 15 is 0 Å². The number of nitro benzene ring substituents is 1. The van der Waals surface area contributed by atoms with Crippen molar-refractivity contribution in [3.8, 4) is 0 Å². The number of nitrogens with zero attached hydrogens (tertiary/aromatic N) is 2. The van der Waals surface area contributed by atoms with Crippen LogP contribution in [0.2, 0.25) is 0 Å². The van der Waals surface area contributed by atoms with Crippen molar-refractivity contribution in [1.82, 2.24) is 4.90 Å². The largest absolute Gasteiger partial charge is 0.391 e. The number of carbonyl (C=O) groups is 1. The highest BCUT2D eigenvalue weighted by Gasteiger charge is 2.32. The number of amides is 1. The number of thioether (sulfide) groups is 1. The fourth-order valence-corrected chi connectivity index (χ4v) is 2.96. The standard InChI is InChI=1S/C13H16N2O4S/c1-8-5-10(16)7-14(8)13(17)9-3-4-12(20-2)11(6-9)15(18)19/h3-4,6,8,10,16H,5,7H2,1-2H3/t8-,10-/m1/s1. The van der Waals surface area contributed by atoms with Crippen LogP contribution in [-0.2, 0) is 0 Å². The van der Waals surface area contributed by atoms with Crippen molar-refractivity contribution >= 4 is 23.4 Å². The number of hydrogen-bond acceptors (Lipinski definition) is 5. The van der Waals surface area contributed by atoms with Gasteiger partial charge in [-0.3, -0.25) is 14.9 Å². The van der Waals surface area contributed by atoms with Crippen molar-refractivity contribution in [2.45, 2.75) is 30.4 Å². The first-order valence-electron chi connectivity index (χ1n) is 6.25. The first-order valence-corrected chi connectivity index (χ1v) is 7.48. The molecule has 20 heavy (non-hydrogen) atoms. The Bertz CT molecular complexity index is 549. The Morgan fingerprint density at radius 1 is 1.55 bits per heavy atom. The average molecular weight is 296 g/mol. The van der Waals surface area contributed by atoms with Crippen LogP contribution in [0.3, 0.4) is 0 Å². The first kappa shape index (κ1) is 14.8. The quantitative estimate of drug-likeness (QED) is 0.523. The highest BCUT2D eigenvalue weighted by atomic mass is 32.2. The molecule has 1 aromatic rings. The van der Waals surface area contributed by atoms with E-state index in [2.05, 4.69) is 0 Å². The van der Waals surface area contributed by atoms with Crippen LogP contribution < -0.4 is 0 Å². The fourth-order valence-electron chi connectivity index (χ4n) is 2.42. The van der Waals surface area contributed by atoms with Gasteiger partial charge in [-0.05, 0) is 31.7 Å². The van der Waals surface area contributed by atoms with Gasteiger partial charge in [0.25, 0.3) is 11.6 Å². The summed E-state index contributed by atoms with van der Waals surface area (Å²) in [4.78, 5) is 25.0. The summed E-state index contributed by atoms with van der Waals surface area (Å²) in [5, 5.41) is 20.6. The van der Waals surface area contributed by atoms with Gasteiger partial charge < -0.3 is 10.0 Å². The van der Waals surface area contributed by atoms with E-state index < -0.39 is 11.0 Å². The van der Waals surface area contributed by atoms with Gasteiger partial charge in [-0.1, -0.05) is 0 Å². The van der Waals surface area contributed by atoms with E-state index in [-0.39, 0.29) is 29.7 Å². The number of likely N-dealkylation sites (tertiary alicyclic amines) is 1. The van der Waals surface area contributed by atoms with Crippen molar-refractivity contribution in [1.29, 1.82) is 0 Å². The molecule has 0 spiro atoms. The normalized spacial score (nSPS) is 22.1. The van der Waals surface area contributed by atoms with Gasteiger partial charge in [-0.25, -0.2) is 0 Å². The van der Waals surface area contributed by atoms with E-state index in [0.29, 0.717) is 11.3 Å². The predicted molar refractivity (Wildman–Crippen MR) is 76.0 cm³/mol. The molecular weight excluding hydrogens is 280 g/mol. The molecule has 7 heteroatoms. The van der Waals surface area contributed by atoms with Gasteiger partial charge in [0.05, 0.1) is 15.9 Å². The number of carbonyl (C=O) groups excluding carboxylic acids is 1. The molecule has 2 rings (SSSR count). The molecule has 1 amide bonds. The summed E-state index contributed by atoms with van der Waals surface area (Å²) >= 11 is 1.27. The second-order valence-electron chi connectivity index (χ2n) is 4.84. The van der Waals surface area contributed by atoms with E-state index in [1.54, 1.807) is 23.3 Å². The van der Waals surface area contributed by atoms with E-state index in [0.717, 1.165) is 0 Å². The van der Waals surface area contributed by atoms with Crippen molar-refractivity contribution in [3.05, 3.63) is 33.9 Å². The molecule has 1 saturated heterocycles. The highest BCUT2D eigenvalue weighted by Crippen LogP contribution is 2.29. The fraction of sp³-hybridized carbons (Fsp3) is 0.462. The molecule has 0 aliphatic carbocycles. The summed E-state index contributed by atoms with van der Waals surface area (Å²) in [5.41, 5.74) is 0.228. The van der Waals surface area contributed by atoms with E-state index in [1.165, 1.54) is 17.8 Å². The minimum atomic E-state index is -0.519. The van der Waals surface area contributed by atoms with Crippen LogP contribution in [0.25, 0.3) is 0 Å². The number of aliphatic hydroxyl groups excluding tert-OH is 1. The van der Waals surface area contributed by atoms with Gasteiger partial charge in [-0.2, -0.15) is 0 Å². The van der Waals surface area contributed by atoms with E-state index in [4.69, 9.17) is 0 Å². The van der Waals surface area contributed by atoms with Gasteiger partial charge >= 0.3 is 0 Å². The van der Waals surface area contributed by atoms with Gasteiger partial charge in [0.1, 0.15) is 0 Å². The van der Waals surface area contributed by atoms with Crippen LogP contribution in [0.1, 0.15) is 23.7 Å². The summed E-state index contributed by atoms with van der Waals surface area (Å²) in [6.07, 6.45) is 1.77. The Morgan fingerprint density at radius 3 is 2.75 bits per heavy atom. The van der Waals surface area contributed by atoms with Crippen LogP contribution in [0.15, 0.2) is 23.1 Å². The summed E-state index contributed by atoms with van der Waals surface area (Å²) in [6.45, 7) is 2.14. The molecular formula is C13H16N2O4S. The van der Waals surface area contributed by atoms with Crippen LogP contribution in [-0.4, -0.2) is 45.8 Å². The molecule has 108 valence electrons. The van der Waals surface area contributed by atoms with Gasteiger partial charge in [-0.15, -0.1) is 11.8 Å². The molecule has 0 bridgehead atoms. The third kappa shape index (κ3) is 2.78. The molecule has 0 radical (unpaired) electrons. The molecule has 1 aliphatic heterocycles. The maximum Gasteiger partial charge on any atom is 0.283 e. The van der Waals surface area contributed by atoms with Crippen molar-refractivity contribution in [2.75, 3.05) is 12.8 Å². The third-order valence-electron chi connectivity index (χ3n) is 3.44. The maximum atomic E-state index is 12.4. The smallest absolute Gasteiger partial charge is 0.283 e. The van der Waals surface area contributed by atoms with Crippen molar-refractivity contribution in [3.63, 3.8) is 0 Å². The molecule has 1 heterocycles. The second kappa shape index (κ2) is 5.80. The molecule has 0 aromatic heterocycles. The van der Waals surface area contributed by atoms with Crippen LogP contribution >= 0.6 is 11.8 Å². The van der Waals surface area contributed by atoms with Crippen molar-refractivity contribution < 1.29 is 14.8 Å². The zero-order chi connectivity index (χ0) is 14.9. The molecule has 1 fully saturated rings. The molecule has 0 unspecified atom stereocenters. The Labute approximate surface area is 120 Å². The minimum Gasteiger partial charge on any atom is -0.391 e. The number of β-amino-alcohol motifs (C(OH)–C–C–N with tert-alkyl or cyclic N) is 1. The number of aliphatic hydroxyl groups is 1. The molecule has 1 aromatic carbocycles. The van der Waals surface area contributed by atoms with Crippen LogP contribution in [0.5, 0.6) is 0 Å². The van der Waals surface area contributed by atoms with Crippen LogP contribution in [0.4, 0.5) is 5.69 Å². The Kier molecular flexibility index (Phi) is 4.29. The third-order valence-corrected chi connectivity index (χ3v) is 4.22. The average Bonchev–Trinajstić information content (AvgIpc) is 2.76.